The first kappa shape index (κ1) is 20.7. The molecule has 0 heterocycles. The second-order valence-corrected chi connectivity index (χ2v) is 5.05. The molecule has 0 aromatic carbocycles. The molecule has 0 atom stereocenters. The standard InChI is InChI=1S/C4H8N2O5S.C4H7NO2S/c5-3(7)4(8)6-1-2-12(9,10)11;1-2-5-3(6)4(7)8/h1-2H2,(H2,5,7)(H,6,8)(H,9,10,11);2H2,1H3,(H,5,6)(H,7,8). The highest BCUT2D eigenvalue weighted by Crippen LogP contribution is 1.78. The van der Waals surface area contributed by atoms with Gasteiger partial charge in [0, 0.05) is 13.1 Å². The highest BCUT2D eigenvalue weighted by molar-refractivity contribution is 7.98. The van der Waals surface area contributed by atoms with E-state index in [0.717, 1.165) is 0 Å². The minimum absolute atomic E-state index is 0.347. The first-order valence-corrected chi connectivity index (χ1v) is 7.10. The number of nitrogens with two attached hydrogens (primary N) is 1. The van der Waals surface area contributed by atoms with Gasteiger partial charge in [-0.1, -0.05) is 12.6 Å². The Morgan fingerprint density at radius 1 is 1.15 bits per heavy atom. The minimum atomic E-state index is -4.11. The van der Waals surface area contributed by atoms with Crippen LogP contribution in [-0.4, -0.2) is 54.6 Å². The van der Waals surface area contributed by atoms with Crippen molar-refractivity contribution < 1.29 is 32.1 Å². The van der Waals surface area contributed by atoms with Crippen LogP contribution in [0.15, 0.2) is 0 Å². The first-order chi connectivity index (χ1) is 9.01. The van der Waals surface area contributed by atoms with Gasteiger partial charge in [-0.15, -0.1) is 0 Å². The van der Waals surface area contributed by atoms with Crippen LogP contribution >= 0.6 is 12.6 Å². The second kappa shape index (κ2) is 10.2. The molecule has 0 aromatic heterocycles. The van der Waals surface area contributed by atoms with Crippen molar-refractivity contribution in [3.8, 4) is 0 Å². The molecule has 20 heavy (non-hydrogen) atoms. The first-order valence-electron chi connectivity index (χ1n) is 5.05. The molecular formula is C8H15N3O7S2. The molecule has 10 nitrogen and oxygen atoms in total. The number of carbonyl (C=O) groups is 4. The maximum atomic E-state index is 10.4. The van der Waals surface area contributed by atoms with Gasteiger partial charge in [-0.25, -0.2) is 0 Å². The Morgan fingerprint density at radius 3 is 1.90 bits per heavy atom. The normalized spacial score (nSPS) is 9.75. The number of nitrogens with one attached hydrogen (secondary N) is 2. The average Bonchev–Trinajstić information content (AvgIpc) is 2.28. The number of rotatable bonds is 5. The number of thiol groups is 1. The summed E-state index contributed by atoms with van der Waals surface area (Å²) in [6.07, 6.45) is 0. The Hall–Kier alpha value is -1.66. The van der Waals surface area contributed by atoms with Crippen LogP contribution in [0.3, 0.4) is 0 Å². The van der Waals surface area contributed by atoms with E-state index < -0.39 is 38.7 Å². The third-order valence-electron chi connectivity index (χ3n) is 1.40. The van der Waals surface area contributed by atoms with Gasteiger partial charge >= 0.3 is 11.8 Å². The fourth-order valence-electron chi connectivity index (χ4n) is 0.617. The number of amides is 3. The zero-order valence-electron chi connectivity index (χ0n) is 10.5. The summed E-state index contributed by atoms with van der Waals surface area (Å²) in [7, 11) is -4.11. The SMILES string of the molecule is CCNC(=O)C(=O)S.NC(=O)C(=O)NCCS(=O)(=O)O. The third kappa shape index (κ3) is 14.4. The van der Waals surface area contributed by atoms with E-state index in [1.807, 2.05) is 5.32 Å². The van der Waals surface area contributed by atoms with Crippen molar-refractivity contribution in [1.29, 1.82) is 0 Å². The smallest absolute Gasteiger partial charge is 0.309 e. The third-order valence-corrected chi connectivity index (χ3v) is 2.32. The molecule has 0 aliphatic carbocycles. The van der Waals surface area contributed by atoms with Gasteiger partial charge in [0.2, 0.25) is 0 Å². The van der Waals surface area contributed by atoms with E-state index >= 15 is 0 Å². The maximum Gasteiger partial charge on any atom is 0.309 e. The molecule has 3 amide bonds. The number of hydrogen-bond acceptors (Lipinski definition) is 6. The van der Waals surface area contributed by atoms with Gasteiger partial charge in [0.05, 0.1) is 5.75 Å². The molecule has 0 saturated heterocycles. The van der Waals surface area contributed by atoms with Crippen LogP contribution in [0.4, 0.5) is 0 Å². The number of carbonyl (C=O) groups excluding carboxylic acids is 4. The van der Waals surface area contributed by atoms with E-state index in [2.05, 4.69) is 23.7 Å². The van der Waals surface area contributed by atoms with Gasteiger partial charge in [-0.2, -0.15) is 8.42 Å². The average molecular weight is 329 g/mol. The Bertz CT molecular complexity index is 474. The molecule has 0 spiro atoms. The van der Waals surface area contributed by atoms with Crippen LogP contribution in [0, 0.1) is 0 Å². The fraction of sp³-hybridized carbons (Fsp3) is 0.500. The van der Waals surface area contributed by atoms with E-state index in [1.165, 1.54) is 0 Å². The van der Waals surface area contributed by atoms with E-state index in [9.17, 15) is 27.6 Å². The zero-order chi connectivity index (χ0) is 16.3. The lowest BCUT2D eigenvalue weighted by atomic mass is 10.5. The highest BCUT2D eigenvalue weighted by Gasteiger charge is 2.09. The van der Waals surface area contributed by atoms with Crippen LogP contribution < -0.4 is 16.4 Å². The number of likely N-dealkylation sites (N-methyl/N-ethyl adjacent to an activating group) is 1. The van der Waals surface area contributed by atoms with Gasteiger partial charge in [0.25, 0.3) is 21.1 Å². The molecule has 0 fully saturated rings. The van der Waals surface area contributed by atoms with E-state index in [0.29, 0.717) is 6.54 Å². The summed E-state index contributed by atoms with van der Waals surface area (Å²) in [4.78, 5) is 40.6. The van der Waals surface area contributed by atoms with Gasteiger partial charge in [-0.05, 0) is 6.92 Å². The van der Waals surface area contributed by atoms with Crippen molar-refractivity contribution in [3.63, 3.8) is 0 Å². The number of primary amides is 1. The fourth-order valence-corrected chi connectivity index (χ4v) is 1.06. The number of hydrogen-bond donors (Lipinski definition) is 5. The summed E-state index contributed by atoms with van der Waals surface area (Å²) >= 11 is 3.28. The summed E-state index contributed by atoms with van der Waals surface area (Å²) in [5.41, 5.74) is 4.52. The largest absolute Gasteiger partial charge is 0.361 e. The zero-order valence-corrected chi connectivity index (χ0v) is 12.2. The van der Waals surface area contributed by atoms with Gasteiger partial charge < -0.3 is 16.4 Å². The van der Waals surface area contributed by atoms with Gasteiger partial charge in [0.15, 0.2) is 0 Å². The van der Waals surface area contributed by atoms with Crippen molar-refractivity contribution >= 4 is 45.6 Å². The Morgan fingerprint density at radius 2 is 1.65 bits per heavy atom. The molecule has 0 unspecified atom stereocenters. The molecule has 0 saturated carbocycles. The van der Waals surface area contributed by atoms with Crippen LogP contribution in [-0.2, 0) is 29.3 Å². The molecular weight excluding hydrogens is 314 g/mol. The molecule has 5 N–H and O–H groups in total. The van der Waals surface area contributed by atoms with Crippen LogP contribution in [0.5, 0.6) is 0 Å². The van der Waals surface area contributed by atoms with Crippen molar-refractivity contribution in [1.82, 2.24) is 10.6 Å². The topological polar surface area (TPSA) is 173 Å². The van der Waals surface area contributed by atoms with E-state index in [4.69, 9.17) is 4.55 Å². The van der Waals surface area contributed by atoms with Crippen molar-refractivity contribution in [2.45, 2.75) is 6.92 Å². The summed E-state index contributed by atoms with van der Waals surface area (Å²) in [5.74, 6) is -3.58. The Kier molecular flexibility index (Phi) is 10.5. The highest BCUT2D eigenvalue weighted by atomic mass is 32.2. The lowest BCUT2D eigenvalue weighted by molar-refractivity contribution is -0.137. The van der Waals surface area contributed by atoms with Gasteiger partial charge in [0.1, 0.15) is 0 Å². The molecule has 0 aromatic rings. The van der Waals surface area contributed by atoms with E-state index in [1.54, 1.807) is 6.92 Å². The molecule has 12 heteroatoms. The monoisotopic (exact) mass is 329 g/mol. The summed E-state index contributed by atoms with van der Waals surface area (Å²) in [6.45, 7) is 1.85. The molecule has 0 aliphatic heterocycles. The molecule has 0 bridgehead atoms. The molecule has 0 radical (unpaired) electrons. The summed E-state index contributed by atoms with van der Waals surface area (Å²) in [6, 6.07) is 0. The predicted molar refractivity (Wildman–Crippen MR) is 71.3 cm³/mol. The predicted octanol–water partition coefficient (Wildman–Crippen LogP) is -2.95. The van der Waals surface area contributed by atoms with E-state index in [-0.39, 0.29) is 6.54 Å². The van der Waals surface area contributed by atoms with Gasteiger partial charge in [-0.3, -0.25) is 23.7 Å². The van der Waals surface area contributed by atoms with Crippen LogP contribution in [0.1, 0.15) is 6.92 Å². The Balaban J connectivity index is 0. The lowest BCUT2D eigenvalue weighted by Crippen LogP contribution is -2.38. The minimum Gasteiger partial charge on any atom is -0.361 e. The van der Waals surface area contributed by atoms with Crippen molar-refractivity contribution in [2.24, 2.45) is 5.73 Å². The molecule has 0 rings (SSSR count). The van der Waals surface area contributed by atoms with Crippen LogP contribution in [0.25, 0.3) is 0 Å². The Labute approximate surface area is 120 Å². The van der Waals surface area contributed by atoms with Crippen LogP contribution in [0.2, 0.25) is 0 Å². The summed E-state index contributed by atoms with van der Waals surface area (Å²) < 4.78 is 28.3. The second-order valence-electron chi connectivity index (χ2n) is 3.07. The lowest BCUT2D eigenvalue weighted by Gasteiger charge is -1.98. The van der Waals surface area contributed by atoms with Crippen molar-refractivity contribution in [2.75, 3.05) is 18.8 Å². The maximum absolute atomic E-state index is 10.4. The quantitative estimate of drug-likeness (QED) is 0.204. The molecule has 116 valence electrons. The van der Waals surface area contributed by atoms with Crippen molar-refractivity contribution in [3.05, 3.63) is 0 Å². The molecule has 0 aliphatic rings. The summed E-state index contributed by atoms with van der Waals surface area (Å²) in [5, 5.41) is 3.42.